The van der Waals surface area contributed by atoms with E-state index in [1.54, 1.807) is 18.2 Å². The van der Waals surface area contributed by atoms with Gasteiger partial charge in [0.2, 0.25) is 0 Å². The molecule has 2 rings (SSSR count). The predicted molar refractivity (Wildman–Crippen MR) is 85.7 cm³/mol. The van der Waals surface area contributed by atoms with E-state index in [-0.39, 0.29) is 22.8 Å². The second-order valence-electron chi connectivity index (χ2n) is 4.35. The van der Waals surface area contributed by atoms with Crippen LogP contribution in [0.4, 0.5) is 5.69 Å². The first-order valence-corrected chi connectivity index (χ1v) is 7.18. The van der Waals surface area contributed by atoms with E-state index < -0.39 is 10.8 Å². The Hall–Kier alpha value is -1.82. The van der Waals surface area contributed by atoms with Crippen molar-refractivity contribution in [3.63, 3.8) is 0 Å². The molecule has 0 saturated heterocycles. The van der Waals surface area contributed by atoms with E-state index in [1.165, 1.54) is 12.1 Å². The minimum atomic E-state index is -0.653. The molecule has 0 saturated carbocycles. The van der Waals surface area contributed by atoms with E-state index in [0.29, 0.717) is 10.0 Å². The zero-order valence-electron chi connectivity index (χ0n) is 11.0. The fourth-order valence-electron chi connectivity index (χ4n) is 1.78. The summed E-state index contributed by atoms with van der Waals surface area (Å²) in [4.78, 5) is 22.4. The van der Waals surface area contributed by atoms with Crippen LogP contribution in [0.2, 0.25) is 15.1 Å². The Balaban J connectivity index is 2.16. The quantitative estimate of drug-likeness (QED) is 0.646. The summed E-state index contributed by atoms with van der Waals surface area (Å²) < 4.78 is 0. The normalized spacial score (nSPS) is 10.3. The fraction of sp³-hybridized carbons (Fsp3) is 0.0714. The Kier molecular flexibility index (Phi) is 5.24. The second-order valence-corrected chi connectivity index (χ2v) is 5.60. The molecule has 0 aliphatic carbocycles. The van der Waals surface area contributed by atoms with Crippen LogP contribution in [0.15, 0.2) is 36.4 Å². The molecule has 22 heavy (non-hydrogen) atoms. The van der Waals surface area contributed by atoms with Crippen molar-refractivity contribution in [3.05, 3.63) is 72.7 Å². The summed E-state index contributed by atoms with van der Waals surface area (Å²) in [5, 5.41) is 14.5. The molecule has 0 radical (unpaired) electrons. The van der Waals surface area contributed by atoms with Gasteiger partial charge in [-0.05, 0) is 29.8 Å². The molecule has 5 nitrogen and oxygen atoms in total. The minimum absolute atomic E-state index is 0.0607. The summed E-state index contributed by atoms with van der Waals surface area (Å²) in [6.07, 6.45) is 0. The van der Waals surface area contributed by atoms with Crippen LogP contribution in [0.3, 0.4) is 0 Å². The molecule has 2 aromatic rings. The Morgan fingerprint density at radius 1 is 1.09 bits per heavy atom. The molecule has 0 bridgehead atoms. The molecule has 1 amide bonds. The van der Waals surface area contributed by atoms with Gasteiger partial charge in [0, 0.05) is 17.6 Å². The van der Waals surface area contributed by atoms with Crippen molar-refractivity contribution in [1.29, 1.82) is 0 Å². The standard InChI is InChI=1S/C14H9Cl3N2O3/c15-9-2-3-10(13(6-9)19(21)22)14(20)18-7-8-1-4-11(16)12(17)5-8/h1-6H,7H2,(H,18,20). The molecule has 114 valence electrons. The van der Waals surface area contributed by atoms with Crippen molar-refractivity contribution in [3.8, 4) is 0 Å². The Morgan fingerprint density at radius 2 is 1.82 bits per heavy atom. The first-order chi connectivity index (χ1) is 10.4. The molecule has 0 aliphatic heterocycles. The van der Waals surface area contributed by atoms with Gasteiger partial charge in [0.05, 0.1) is 15.0 Å². The smallest absolute Gasteiger partial charge is 0.283 e. The lowest BCUT2D eigenvalue weighted by Crippen LogP contribution is -2.23. The molecular weight excluding hydrogens is 351 g/mol. The van der Waals surface area contributed by atoms with Crippen LogP contribution in [0.1, 0.15) is 15.9 Å². The number of benzene rings is 2. The number of nitro groups is 1. The van der Waals surface area contributed by atoms with Crippen molar-refractivity contribution >= 4 is 46.4 Å². The van der Waals surface area contributed by atoms with E-state index in [0.717, 1.165) is 11.6 Å². The summed E-state index contributed by atoms with van der Waals surface area (Å²) in [6.45, 7) is 0.162. The first kappa shape index (κ1) is 16.5. The summed E-state index contributed by atoms with van der Waals surface area (Å²) in [5.41, 5.74) is 0.313. The van der Waals surface area contributed by atoms with Gasteiger partial charge in [0.25, 0.3) is 11.6 Å². The molecule has 0 fully saturated rings. The van der Waals surface area contributed by atoms with E-state index in [1.807, 2.05) is 0 Å². The highest BCUT2D eigenvalue weighted by molar-refractivity contribution is 6.42. The molecular formula is C14H9Cl3N2O3. The van der Waals surface area contributed by atoms with Crippen molar-refractivity contribution in [1.82, 2.24) is 5.32 Å². The van der Waals surface area contributed by atoms with Crippen LogP contribution >= 0.6 is 34.8 Å². The van der Waals surface area contributed by atoms with Gasteiger partial charge >= 0.3 is 0 Å². The SMILES string of the molecule is O=C(NCc1ccc(Cl)c(Cl)c1)c1ccc(Cl)cc1[N+](=O)[O-]. The number of carbonyl (C=O) groups excluding carboxylic acids is 1. The first-order valence-electron chi connectivity index (χ1n) is 6.04. The molecule has 0 spiro atoms. The number of nitro benzene ring substituents is 1. The number of hydrogen-bond acceptors (Lipinski definition) is 3. The fourth-order valence-corrected chi connectivity index (χ4v) is 2.26. The highest BCUT2D eigenvalue weighted by Crippen LogP contribution is 2.24. The molecule has 2 aromatic carbocycles. The number of nitrogens with zero attached hydrogens (tertiary/aromatic N) is 1. The van der Waals surface area contributed by atoms with Gasteiger partial charge in [-0.3, -0.25) is 14.9 Å². The van der Waals surface area contributed by atoms with E-state index in [2.05, 4.69) is 5.32 Å². The number of nitrogens with one attached hydrogen (secondary N) is 1. The van der Waals surface area contributed by atoms with Crippen LogP contribution in [0.5, 0.6) is 0 Å². The molecule has 0 unspecified atom stereocenters. The summed E-state index contributed by atoms with van der Waals surface area (Å²) >= 11 is 17.4. The maximum Gasteiger partial charge on any atom is 0.283 e. The minimum Gasteiger partial charge on any atom is -0.348 e. The maximum atomic E-state index is 12.1. The van der Waals surface area contributed by atoms with Crippen molar-refractivity contribution in [2.45, 2.75) is 6.54 Å². The number of hydrogen-bond donors (Lipinski definition) is 1. The summed E-state index contributed by atoms with van der Waals surface area (Å²) in [5.74, 6) is -0.575. The van der Waals surface area contributed by atoms with Crippen molar-refractivity contribution in [2.24, 2.45) is 0 Å². The van der Waals surface area contributed by atoms with E-state index in [4.69, 9.17) is 34.8 Å². The van der Waals surface area contributed by atoms with Gasteiger partial charge in [-0.15, -0.1) is 0 Å². The lowest BCUT2D eigenvalue weighted by molar-refractivity contribution is -0.385. The summed E-state index contributed by atoms with van der Waals surface area (Å²) in [6, 6.07) is 8.78. The van der Waals surface area contributed by atoms with Gasteiger partial charge in [0.1, 0.15) is 5.56 Å². The van der Waals surface area contributed by atoms with Crippen LogP contribution in [0.25, 0.3) is 0 Å². The van der Waals surface area contributed by atoms with Gasteiger partial charge in [0.15, 0.2) is 0 Å². The van der Waals surface area contributed by atoms with Crippen molar-refractivity contribution < 1.29 is 9.72 Å². The third-order valence-corrected chi connectivity index (χ3v) is 3.81. The van der Waals surface area contributed by atoms with E-state index >= 15 is 0 Å². The van der Waals surface area contributed by atoms with Gasteiger partial charge in [-0.2, -0.15) is 0 Å². The third kappa shape index (κ3) is 3.88. The highest BCUT2D eigenvalue weighted by atomic mass is 35.5. The molecule has 8 heteroatoms. The average Bonchev–Trinajstić information content (AvgIpc) is 2.48. The molecule has 0 heterocycles. The number of halogens is 3. The molecule has 0 aliphatic rings. The lowest BCUT2D eigenvalue weighted by atomic mass is 10.1. The Labute approximate surface area is 140 Å². The second kappa shape index (κ2) is 6.96. The van der Waals surface area contributed by atoms with Gasteiger partial charge in [-0.1, -0.05) is 40.9 Å². The molecule has 1 N–H and O–H groups in total. The van der Waals surface area contributed by atoms with Crippen LogP contribution < -0.4 is 5.32 Å². The van der Waals surface area contributed by atoms with Crippen LogP contribution in [0, 0.1) is 10.1 Å². The highest BCUT2D eigenvalue weighted by Gasteiger charge is 2.20. The van der Waals surface area contributed by atoms with Gasteiger partial charge in [-0.25, -0.2) is 0 Å². The lowest BCUT2D eigenvalue weighted by Gasteiger charge is -2.07. The number of rotatable bonds is 4. The predicted octanol–water partition coefficient (Wildman–Crippen LogP) is 4.49. The Bertz CT molecular complexity index is 750. The maximum absolute atomic E-state index is 12.1. The topological polar surface area (TPSA) is 72.2 Å². The zero-order valence-corrected chi connectivity index (χ0v) is 13.2. The summed E-state index contributed by atoms with van der Waals surface area (Å²) in [7, 11) is 0. The number of carbonyl (C=O) groups is 1. The third-order valence-electron chi connectivity index (χ3n) is 2.84. The monoisotopic (exact) mass is 358 g/mol. The largest absolute Gasteiger partial charge is 0.348 e. The van der Waals surface area contributed by atoms with E-state index in [9.17, 15) is 14.9 Å². The van der Waals surface area contributed by atoms with Gasteiger partial charge < -0.3 is 5.32 Å². The Morgan fingerprint density at radius 3 is 2.45 bits per heavy atom. The molecule has 0 aromatic heterocycles. The zero-order chi connectivity index (χ0) is 16.3. The molecule has 0 atom stereocenters. The van der Waals surface area contributed by atoms with Crippen molar-refractivity contribution in [2.75, 3.05) is 0 Å². The van der Waals surface area contributed by atoms with Crippen LogP contribution in [-0.4, -0.2) is 10.8 Å². The average molecular weight is 360 g/mol. The number of amides is 1. The van der Waals surface area contributed by atoms with Crippen LogP contribution in [-0.2, 0) is 6.54 Å².